The zero-order valence-electron chi connectivity index (χ0n) is 10.3. The van der Waals surface area contributed by atoms with Crippen molar-refractivity contribution in [1.29, 1.82) is 0 Å². The lowest BCUT2D eigenvalue weighted by molar-refractivity contribution is 0.553. The Balaban J connectivity index is 2.37. The maximum atomic E-state index is 4.26. The maximum Gasteiger partial charge on any atom is 0.0767 e. The number of hydrogen-bond donors (Lipinski definition) is 1. The summed E-state index contributed by atoms with van der Waals surface area (Å²) in [7, 11) is 1.98. The number of hydrogen-bond acceptors (Lipinski definition) is 3. The van der Waals surface area contributed by atoms with Crippen molar-refractivity contribution < 1.29 is 0 Å². The van der Waals surface area contributed by atoms with E-state index in [1.807, 2.05) is 17.9 Å². The van der Waals surface area contributed by atoms with Crippen LogP contribution < -0.4 is 5.32 Å². The molecule has 0 aliphatic carbocycles. The molecule has 2 rings (SSSR count). The normalized spacial score (nSPS) is 12.9. The van der Waals surface area contributed by atoms with Gasteiger partial charge in [-0.3, -0.25) is 4.68 Å². The van der Waals surface area contributed by atoms with E-state index in [1.165, 1.54) is 11.3 Å². The predicted molar refractivity (Wildman–Crippen MR) is 83.1 cm³/mol. The van der Waals surface area contributed by atoms with Crippen molar-refractivity contribution in [3.63, 3.8) is 0 Å². The van der Waals surface area contributed by atoms with E-state index in [0.717, 1.165) is 20.5 Å². The molecule has 2 aromatic heterocycles. The van der Waals surface area contributed by atoms with Crippen LogP contribution in [0.3, 0.4) is 0 Å². The van der Waals surface area contributed by atoms with Gasteiger partial charge < -0.3 is 5.32 Å². The first-order chi connectivity index (χ1) is 8.63. The molecular formula is C12H15Br2N3S. The number of nitrogens with one attached hydrogen (secondary N) is 1. The first-order valence-electron chi connectivity index (χ1n) is 5.79. The van der Waals surface area contributed by atoms with Crippen LogP contribution in [-0.2, 0) is 7.05 Å². The number of aryl methyl sites for hydroxylation is 1. The summed E-state index contributed by atoms with van der Waals surface area (Å²) < 4.78 is 4.21. The van der Waals surface area contributed by atoms with Crippen molar-refractivity contribution in [3.8, 4) is 0 Å². The molecule has 2 aromatic rings. The Labute approximate surface area is 128 Å². The van der Waals surface area contributed by atoms with Crippen LogP contribution in [0.4, 0.5) is 0 Å². The molecule has 3 nitrogen and oxygen atoms in total. The highest BCUT2D eigenvalue weighted by Crippen LogP contribution is 2.37. The maximum absolute atomic E-state index is 4.26. The van der Waals surface area contributed by atoms with E-state index in [1.54, 1.807) is 11.3 Å². The Morgan fingerprint density at radius 3 is 2.78 bits per heavy atom. The Bertz CT molecular complexity index is 521. The van der Waals surface area contributed by atoms with Gasteiger partial charge in [-0.05, 0) is 57.0 Å². The van der Waals surface area contributed by atoms with E-state index >= 15 is 0 Å². The van der Waals surface area contributed by atoms with Gasteiger partial charge in [0.1, 0.15) is 0 Å². The molecule has 1 N–H and O–H groups in total. The minimum Gasteiger partial charge on any atom is -0.305 e. The molecule has 1 unspecified atom stereocenters. The van der Waals surface area contributed by atoms with Crippen LogP contribution in [0.25, 0.3) is 0 Å². The fourth-order valence-electron chi connectivity index (χ4n) is 1.88. The molecule has 1 atom stereocenters. The molecule has 0 bridgehead atoms. The highest BCUT2D eigenvalue weighted by atomic mass is 79.9. The van der Waals surface area contributed by atoms with E-state index in [-0.39, 0.29) is 6.04 Å². The van der Waals surface area contributed by atoms with E-state index in [4.69, 9.17) is 0 Å². The minimum atomic E-state index is 0.175. The summed E-state index contributed by atoms with van der Waals surface area (Å²) in [5.41, 5.74) is 2.43. The average Bonchev–Trinajstić information content (AvgIpc) is 2.87. The predicted octanol–water partition coefficient (Wildman–Crippen LogP) is 4.10. The molecule has 18 heavy (non-hydrogen) atoms. The SMILES string of the molecule is CCCNC(c1cc(Br)sc1Br)c1ccnn1C. The zero-order chi connectivity index (χ0) is 13.1. The second kappa shape index (κ2) is 6.32. The van der Waals surface area contributed by atoms with Gasteiger partial charge in [0.15, 0.2) is 0 Å². The largest absolute Gasteiger partial charge is 0.305 e. The summed E-state index contributed by atoms with van der Waals surface area (Å²) in [5, 5.41) is 7.84. The lowest BCUT2D eigenvalue weighted by atomic mass is 10.1. The molecule has 0 aromatic carbocycles. The number of nitrogens with zero attached hydrogens (tertiary/aromatic N) is 2. The molecule has 0 spiro atoms. The van der Waals surface area contributed by atoms with Gasteiger partial charge in [0, 0.05) is 18.8 Å². The van der Waals surface area contributed by atoms with E-state index in [2.05, 4.69) is 61.3 Å². The third kappa shape index (κ3) is 3.04. The summed E-state index contributed by atoms with van der Waals surface area (Å²) in [5.74, 6) is 0. The molecule has 0 aliphatic heterocycles. The van der Waals surface area contributed by atoms with Gasteiger partial charge in [-0.15, -0.1) is 11.3 Å². The molecule has 0 saturated carbocycles. The van der Waals surface area contributed by atoms with Crippen molar-refractivity contribution in [3.05, 3.63) is 37.2 Å². The Morgan fingerprint density at radius 2 is 2.28 bits per heavy atom. The monoisotopic (exact) mass is 391 g/mol. The smallest absolute Gasteiger partial charge is 0.0767 e. The summed E-state index contributed by atoms with van der Waals surface area (Å²) in [6.45, 7) is 3.15. The van der Waals surface area contributed by atoms with E-state index in [0.29, 0.717) is 0 Å². The summed E-state index contributed by atoms with van der Waals surface area (Å²) in [6.07, 6.45) is 2.95. The molecule has 0 fully saturated rings. The van der Waals surface area contributed by atoms with Crippen LogP contribution in [0.1, 0.15) is 30.6 Å². The minimum absolute atomic E-state index is 0.175. The summed E-state index contributed by atoms with van der Waals surface area (Å²) in [4.78, 5) is 0. The van der Waals surface area contributed by atoms with E-state index in [9.17, 15) is 0 Å². The van der Waals surface area contributed by atoms with Crippen molar-refractivity contribution in [2.24, 2.45) is 7.05 Å². The van der Waals surface area contributed by atoms with E-state index < -0.39 is 0 Å². The molecule has 2 heterocycles. The van der Waals surface area contributed by atoms with Gasteiger partial charge in [-0.1, -0.05) is 6.92 Å². The van der Waals surface area contributed by atoms with Crippen molar-refractivity contribution >= 4 is 43.2 Å². The second-order valence-electron chi connectivity index (χ2n) is 4.05. The van der Waals surface area contributed by atoms with Crippen LogP contribution in [0.15, 0.2) is 25.9 Å². The average molecular weight is 393 g/mol. The van der Waals surface area contributed by atoms with Gasteiger partial charge in [-0.2, -0.15) is 5.10 Å². The molecule has 0 amide bonds. The lowest BCUT2D eigenvalue weighted by Gasteiger charge is -2.18. The summed E-state index contributed by atoms with van der Waals surface area (Å²) >= 11 is 8.88. The van der Waals surface area contributed by atoms with Gasteiger partial charge >= 0.3 is 0 Å². The van der Waals surface area contributed by atoms with Crippen LogP contribution in [0.2, 0.25) is 0 Å². The molecular weight excluding hydrogens is 378 g/mol. The number of rotatable bonds is 5. The molecule has 0 aliphatic rings. The first-order valence-corrected chi connectivity index (χ1v) is 8.19. The van der Waals surface area contributed by atoms with Gasteiger partial charge in [0.25, 0.3) is 0 Å². The lowest BCUT2D eigenvalue weighted by Crippen LogP contribution is -2.25. The Hall–Kier alpha value is -0.170. The Morgan fingerprint density at radius 1 is 1.50 bits per heavy atom. The standard InChI is InChI=1S/C12H15Br2N3S/c1-3-5-15-11(9-4-6-16-17(9)2)8-7-10(13)18-12(8)14/h4,6-7,11,15H,3,5H2,1-2H3. The fourth-order valence-corrected chi connectivity index (χ4v) is 4.78. The fraction of sp³-hybridized carbons (Fsp3) is 0.417. The van der Waals surface area contributed by atoms with Crippen molar-refractivity contribution in [2.45, 2.75) is 19.4 Å². The molecule has 98 valence electrons. The van der Waals surface area contributed by atoms with Crippen LogP contribution in [0, 0.1) is 0 Å². The van der Waals surface area contributed by atoms with Crippen LogP contribution in [-0.4, -0.2) is 16.3 Å². The number of thiophene rings is 1. The highest BCUT2D eigenvalue weighted by molar-refractivity contribution is 9.12. The second-order valence-corrected chi connectivity index (χ2v) is 7.80. The topological polar surface area (TPSA) is 29.9 Å². The van der Waals surface area contributed by atoms with Crippen LogP contribution >= 0.6 is 43.2 Å². The van der Waals surface area contributed by atoms with Crippen molar-refractivity contribution in [1.82, 2.24) is 15.1 Å². The van der Waals surface area contributed by atoms with Gasteiger partial charge in [0.05, 0.1) is 19.3 Å². The highest BCUT2D eigenvalue weighted by Gasteiger charge is 2.21. The van der Waals surface area contributed by atoms with Gasteiger partial charge in [-0.25, -0.2) is 0 Å². The number of aromatic nitrogens is 2. The first kappa shape index (κ1) is 14.2. The molecule has 0 radical (unpaired) electrons. The van der Waals surface area contributed by atoms with Crippen LogP contribution in [0.5, 0.6) is 0 Å². The Kier molecular flexibility index (Phi) is 5.00. The van der Waals surface area contributed by atoms with Crippen molar-refractivity contribution in [2.75, 3.05) is 6.54 Å². The quantitative estimate of drug-likeness (QED) is 0.830. The zero-order valence-corrected chi connectivity index (χ0v) is 14.3. The number of halogens is 2. The molecule has 0 saturated heterocycles. The third-order valence-electron chi connectivity index (χ3n) is 2.75. The third-order valence-corrected chi connectivity index (χ3v) is 5.13. The van der Waals surface area contributed by atoms with Gasteiger partial charge in [0.2, 0.25) is 0 Å². The molecule has 6 heteroatoms. The summed E-state index contributed by atoms with van der Waals surface area (Å²) in [6, 6.07) is 4.40.